The third-order valence-electron chi connectivity index (χ3n) is 1.94. The van der Waals surface area contributed by atoms with Gasteiger partial charge in [0.2, 0.25) is 0 Å². The maximum absolute atomic E-state index is 11.0. The lowest BCUT2D eigenvalue weighted by atomic mass is 9.67. The Bertz CT molecular complexity index is 406. The lowest BCUT2D eigenvalue weighted by Crippen LogP contribution is -2.21. The summed E-state index contributed by atoms with van der Waals surface area (Å²) in [4.78, 5) is 25.5. The molecule has 0 aliphatic heterocycles. The highest BCUT2D eigenvalue weighted by Gasteiger charge is 2.06. The van der Waals surface area contributed by atoms with Crippen LogP contribution in [0, 0.1) is 3.70 Å². The Morgan fingerprint density at radius 2 is 2.33 bits per heavy atom. The number of hydrogen-bond donors (Lipinski definition) is 0. The summed E-state index contributed by atoms with van der Waals surface area (Å²) in [5.74, 6) is 0.0188. The number of hydrogen-bond acceptors (Lipinski definition) is 3. The van der Waals surface area contributed by atoms with Gasteiger partial charge in [0.1, 0.15) is 11.5 Å². The Morgan fingerprint density at radius 1 is 1.60 bits per heavy atom. The number of aromatic nitrogens is 1. The number of ketones is 1. The fraction of sp³-hybridized carbons (Fsp3) is 0.100. The van der Waals surface area contributed by atoms with E-state index < -0.39 is 0 Å². The molecule has 15 heavy (non-hydrogen) atoms. The monoisotopic (exact) mass is 313 g/mol. The molecule has 0 amide bonds. The van der Waals surface area contributed by atoms with Crippen molar-refractivity contribution in [2.45, 2.75) is 6.32 Å². The highest BCUT2D eigenvalue weighted by Crippen LogP contribution is 1.99. The van der Waals surface area contributed by atoms with Gasteiger partial charge in [0.25, 0.3) is 0 Å². The first-order valence-corrected chi connectivity index (χ1v) is 5.51. The average Bonchev–Trinajstić information content (AvgIpc) is 2.26. The quantitative estimate of drug-likeness (QED) is 0.265. The lowest BCUT2D eigenvalue weighted by molar-refractivity contribution is -0.112. The number of allylic oxidation sites excluding steroid dienone is 1. The van der Waals surface area contributed by atoms with E-state index in [1.54, 1.807) is 6.07 Å². The van der Waals surface area contributed by atoms with Crippen molar-refractivity contribution < 1.29 is 9.59 Å². The largest absolute Gasteiger partial charge is 0.296 e. The van der Waals surface area contributed by atoms with Gasteiger partial charge in [-0.05, 0) is 41.1 Å². The highest BCUT2D eigenvalue weighted by atomic mass is 127. The van der Waals surface area contributed by atoms with E-state index in [-0.39, 0.29) is 5.78 Å². The van der Waals surface area contributed by atoms with Crippen LogP contribution in [-0.4, -0.2) is 24.3 Å². The Balaban J connectivity index is 2.74. The molecule has 0 N–H and O–H groups in total. The van der Waals surface area contributed by atoms with Crippen molar-refractivity contribution in [2.75, 3.05) is 0 Å². The van der Waals surface area contributed by atoms with Gasteiger partial charge in [-0.2, -0.15) is 0 Å². The summed E-state index contributed by atoms with van der Waals surface area (Å²) in [6.45, 7) is 3.41. The zero-order valence-electron chi connectivity index (χ0n) is 8.07. The Morgan fingerprint density at radius 3 is 2.87 bits per heavy atom. The third-order valence-corrected chi connectivity index (χ3v) is 2.87. The van der Waals surface area contributed by atoms with Gasteiger partial charge >= 0.3 is 0 Å². The Labute approximate surface area is 102 Å². The van der Waals surface area contributed by atoms with Crippen molar-refractivity contribution in [2.24, 2.45) is 0 Å². The molecular formula is C10H9BINO2. The van der Waals surface area contributed by atoms with E-state index in [9.17, 15) is 9.59 Å². The van der Waals surface area contributed by atoms with Gasteiger partial charge in [0.05, 0.1) is 3.70 Å². The minimum atomic E-state index is 0.0188. The number of rotatable bonds is 5. The molecule has 1 aromatic heterocycles. The van der Waals surface area contributed by atoms with Crippen molar-refractivity contribution in [1.82, 2.24) is 4.98 Å². The number of aldehydes is 1. The summed E-state index contributed by atoms with van der Waals surface area (Å²) in [7, 11) is 0.634. The Kier molecular flexibility index (Phi) is 4.67. The molecule has 1 heterocycles. The van der Waals surface area contributed by atoms with Crippen LogP contribution in [0.4, 0.5) is 0 Å². The van der Waals surface area contributed by atoms with Crippen molar-refractivity contribution in [3.8, 4) is 0 Å². The Hall–Kier alpha value is -0.975. The van der Waals surface area contributed by atoms with E-state index in [2.05, 4.69) is 34.2 Å². The molecule has 0 fully saturated rings. The average molecular weight is 313 g/mol. The van der Waals surface area contributed by atoms with Crippen LogP contribution in [-0.2, 0) is 4.79 Å². The SMILES string of the molecule is C=CC(=O)CBc1ccc(C=O)nc1I. The van der Waals surface area contributed by atoms with Crippen LogP contribution in [0.25, 0.3) is 0 Å². The van der Waals surface area contributed by atoms with Gasteiger partial charge in [-0.3, -0.25) is 9.59 Å². The fourth-order valence-electron chi connectivity index (χ4n) is 1.09. The molecule has 1 aromatic rings. The molecule has 0 bridgehead atoms. The van der Waals surface area contributed by atoms with Crippen LogP contribution in [0.15, 0.2) is 24.8 Å². The minimum Gasteiger partial charge on any atom is -0.296 e. The van der Waals surface area contributed by atoms with Crippen LogP contribution in [0.3, 0.4) is 0 Å². The van der Waals surface area contributed by atoms with Crippen LogP contribution < -0.4 is 5.46 Å². The first-order chi connectivity index (χ1) is 7.17. The molecule has 0 aromatic carbocycles. The molecule has 5 heteroatoms. The summed E-state index contributed by atoms with van der Waals surface area (Å²) in [5.41, 5.74) is 1.40. The van der Waals surface area contributed by atoms with Crippen LogP contribution in [0.1, 0.15) is 10.5 Å². The number of carbonyl (C=O) groups excluding carboxylic acids is 2. The molecule has 0 saturated carbocycles. The maximum Gasteiger partial charge on any atom is 0.169 e. The maximum atomic E-state index is 11.0. The number of carbonyl (C=O) groups is 2. The zero-order chi connectivity index (χ0) is 11.3. The topological polar surface area (TPSA) is 47.0 Å². The number of nitrogens with zero attached hydrogens (tertiary/aromatic N) is 1. The molecular weight excluding hydrogens is 304 g/mol. The summed E-state index contributed by atoms with van der Waals surface area (Å²) in [6, 6.07) is 3.48. The molecule has 0 aliphatic carbocycles. The molecule has 0 radical (unpaired) electrons. The van der Waals surface area contributed by atoms with Gasteiger partial charge in [-0.1, -0.05) is 18.1 Å². The molecule has 0 atom stereocenters. The molecule has 1 rings (SSSR count). The van der Waals surface area contributed by atoms with E-state index in [0.717, 1.165) is 9.16 Å². The van der Waals surface area contributed by atoms with Crippen molar-refractivity contribution in [3.63, 3.8) is 0 Å². The molecule has 0 aliphatic rings. The molecule has 0 spiro atoms. The first kappa shape index (κ1) is 12.1. The van der Waals surface area contributed by atoms with Crippen molar-refractivity contribution >= 4 is 47.4 Å². The smallest absolute Gasteiger partial charge is 0.169 e. The van der Waals surface area contributed by atoms with Crippen molar-refractivity contribution in [3.05, 3.63) is 34.2 Å². The van der Waals surface area contributed by atoms with Crippen LogP contribution >= 0.6 is 22.6 Å². The van der Waals surface area contributed by atoms with Crippen molar-refractivity contribution in [1.29, 1.82) is 0 Å². The molecule has 0 saturated heterocycles. The van der Waals surface area contributed by atoms with Gasteiger partial charge in [-0.15, -0.1) is 0 Å². The van der Waals surface area contributed by atoms with Crippen LogP contribution in [0.5, 0.6) is 0 Å². The zero-order valence-corrected chi connectivity index (χ0v) is 10.2. The summed E-state index contributed by atoms with van der Waals surface area (Å²) in [5, 5.41) is 0. The molecule has 76 valence electrons. The second-order valence-corrected chi connectivity index (χ2v) is 4.00. The number of halogens is 1. The van der Waals surface area contributed by atoms with E-state index in [0.29, 0.717) is 25.6 Å². The molecule has 3 nitrogen and oxygen atoms in total. The van der Waals surface area contributed by atoms with Gasteiger partial charge < -0.3 is 0 Å². The fourth-order valence-corrected chi connectivity index (χ4v) is 1.82. The van der Waals surface area contributed by atoms with Gasteiger partial charge in [0.15, 0.2) is 13.6 Å². The van der Waals surface area contributed by atoms with E-state index in [1.807, 2.05) is 6.07 Å². The predicted octanol–water partition coefficient (Wildman–Crippen LogP) is 0.734. The summed E-state index contributed by atoms with van der Waals surface area (Å²) < 4.78 is 0.772. The third kappa shape index (κ3) is 3.58. The second-order valence-electron chi connectivity index (χ2n) is 2.97. The van der Waals surface area contributed by atoms with E-state index in [1.165, 1.54) is 6.08 Å². The van der Waals surface area contributed by atoms with E-state index >= 15 is 0 Å². The highest BCUT2D eigenvalue weighted by molar-refractivity contribution is 14.1. The van der Waals surface area contributed by atoms with Gasteiger partial charge in [0, 0.05) is 0 Å². The standard InChI is InChI=1S/C10H9BINO2/c1-2-8(15)5-11-9-4-3-7(6-14)13-10(9)12/h2-4,6,11H,1,5H2. The summed E-state index contributed by atoms with van der Waals surface area (Å²) >= 11 is 2.06. The predicted molar refractivity (Wildman–Crippen MR) is 69.1 cm³/mol. The van der Waals surface area contributed by atoms with Gasteiger partial charge in [-0.25, -0.2) is 4.98 Å². The first-order valence-electron chi connectivity index (χ1n) is 4.43. The second kappa shape index (κ2) is 5.80. The van der Waals surface area contributed by atoms with E-state index in [4.69, 9.17) is 0 Å². The molecule has 0 unspecified atom stereocenters. The lowest BCUT2D eigenvalue weighted by Gasteiger charge is -2.01. The number of pyridine rings is 1. The summed E-state index contributed by atoms with van der Waals surface area (Å²) in [6.07, 6.45) is 2.46. The minimum absolute atomic E-state index is 0.0188. The van der Waals surface area contributed by atoms with Crippen LogP contribution in [0.2, 0.25) is 6.32 Å². The normalized spacial score (nSPS) is 9.40.